The molecule has 0 spiro atoms. The van der Waals surface area contributed by atoms with Crippen LogP contribution in [0.1, 0.15) is 0 Å². The number of nitrogens with zero attached hydrogens (tertiary/aromatic N) is 1. The SMILES string of the molecule is O=C(O)CNc1nc(-c2ccc3c(c2)OCO3)cs1. The zero-order valence-electron chi connectivity index (χ0n) is 9.75. The number of thiazole rings is 1. The van der Waals surface area contributed by atoms with Crippen LogP contribution in [-0.2, 0) is 4.79 Å². The van der Waals surface area contributed by atoms with Gasteiger partial charge in [-0.3, -0.25) is 4.79 Å². The third-order valence-corrected chi connectivity index (χ3v) is 3.36. The summed E-state index contributed by atoms with van der Waals surface area (Å²) in [5.41, 5.74) is 1.68. The minimum Gasteiger partial charge on any atom is -0.480 e. The largest absolute Gasteiger partial charge is 0.480 e. The van der Waals surface area contributed by atoms with Gasteiger partial charge in [-0.25, -0.2) is 4.98 Å². The number of rotatable bonds is 4. The van der Waals surface area contributed by atoms with Crippen molar-refractivity contribution in [3.63, 3.8) is 0 Å². The second-order valence-corrected chi connectivity index (χ2v) is 4.71. The van der Waals surface area contributed by atoms with E-state index in [1.54, 1.807) is 0 Å². The maximum Gasteiger partial charge on any atom is 0.322 e. The van der Waals surface area contributed by atoms with Crippen molar-refractivity contribution >= 4 is 22.4 Å². The van der Waals surface area contributed by atoms with Crippen LogP contribution in [0.5, 0.6) is 11.5 Å². The van der Waals surface area contributed by atoms with Gasteiger partial charge in [-0.15, -0.1) is 11.3 Å². The molecule has 2 N–H and O–H groups in total. The van der Waals surface area contributed by atoms with Crippen LogP contribution < -0.4 is 14.8 Å². The van der Waals surface area contributed by atoms with E-state index < -0.39 is 5.97 Å². The highest BCUT2D eigenvalue weighted by Crippen LogP contribution is 2.36. The van der Waals surface area contributed by atoms with E-state index in [1.165, 1.54) is 11.3 Å². The van der Waals surface area contributed by atoms with Gasteiger partial charge in [0.05, 0.1) is 5.69 Å². The van der Waals surface area contributed by atoms with E-state index in [1.807, 2.05) is 23.6 Å². The number of hydrogen-bond donors (Lipinski definition) is 2. The summed E-state index contributed by atoms with van der Waals surface area (Å²) in [5, 5.41) is 13.8. The second-order valence-electron chi connectivity index (χ2n) is 3.85. The van der Waals surface area contributed by atoms with E-state index in [0.717, 1.165) is 17.0 Å². The first-order valence-corrected chi connectivity index (χ1v) is 6.41. The lowest BCUT2D eigenvalue weighted by Gasteiger charge is -2.00. The molecule has 1 aromatic heterocycles. The van der Waals surface area contributed by atoms with E-state index in [-0.39, 0.29) is 13.3 Å². The van der Waals surface area contributed by atoms with Crippen LogP contribution in [0.15, 0.2) is 23.6 Å². The summed E-state index contributed by atoms with van der Waals surface area (Å²) in [5.74, 6) is 0.508. The molecule has 0 fully saturated rings. The highest BCUT2D eigenvalue weighted by molar-refractivity contribution is 7.14. The van der Waals surface area contributed by atoms with E-state index in [9.17, 15) is 4.79 Å². The molecule has 98 valence electrons. The maximum absolute atomic E-state index is 10.5. The molecule has 0 radical (unpaired) electrons. The summed E-state index contributed by atoms with van der Waals surface area (Å²) < 4.78 is 10.5. The van der Waals surface area contributed by atoms with Gasteiger partial charge in [0, 0.05) is 10.9 Å². The van der Waals surface area contributed by atoms with Crippen molar-refractivity contribution in [2.75, 3.05) is 18.7 Å². The Morgan fingerprint density at radius 1 is 1.42 bits per heavy atom. The average Bonchev–Trinajstić information content (AvgIpc) is 3.04. The summed E-state index contributed by atoms with van der Waals surface area (Å²) in [6, 6.07) is 5.59. The van der Waals surface area contributed by atoms with Crippen LogP contribution >= 0.6 is 11.3 Å². The molecule has 1 aliphatic rings. The number of benzene rings is 1. The molecule has 0 aliphatic carbocycles. The van der Waals surface area contributed by atoms with E-state index in [0.29, 0.717) is 10.9 Å². The van der Waals surface area contributed by atoms with Gasteiger partial charge in [0.1, 0.15) is 6.54 Å². The van der Waals surface area contributed by atoms with Crippen molar-refractivity contribution in [3.8, 4) is 22.8 Å². The molecular formula is C12H10N2O4S. The number of aliphatic carboxylic acids is 1. The lowest BCUT2D eigenvalue weighted by atomic mass is 10.1. The van der Waals surface area contributed by atoms with Gasteiger partial charge >= 0.3 is 5.97 Å². The van der Waals surface area contributed by atoms with Gasteiger partial charge < -0.3 is 19.9 Å². The fourth-order valence-electron chi connectivity index (χ4n) is 1.69. The number of carboxylic acid groups (broad SMARTS) is 1. The van der Waals surface area contributed by atoms with E-state index in [2.05, 4.69) is 10.3 Å². The van der Waals surface area contributed by atoms with Gasteiger partial charge in [0.25, 0.3) is 0 Å². The zero-order chi connectivity index (χ0) is 13.2. The molecule has 0 bridgehead atoms. The van der Waals surface area contributed by atoms with Crippen molar-refractivity contribution in [3.05, 3.63) is 23.6 Å². The molecule has 1 aromatic carbocycles. The Morgan fingerprint density at radius 3 is 3.11 bits per heavy atom. The molecule has 0 amide bonds. The van der Waals surface area contributed by atoms with Crippen LogP contribution in [0.4, 0.5) is 5.13 Å². The Bertz CT molecular complexity index is 626. The molecule has 1 aliphatic heterocycles. The summed E-state index contributed by atoms with van der Waals surface area (Å²) in [7, 11) is 0. The van der Waals surface area contributed by atoms with Crippen LogP contribution in [-0.4, -0.2) is 29.4 Å². The summed E-state index contributed by atoms with van der Waals surface area (Å²) in [6.45, 7) is 0.0926. The fraction of sp³-hybridized carbons (Fsp3) is 0.167. The molecule has 7 heteroatoms. The van der Waals surface area contributed by atoms with Crippen molar-refractivity contribution in [2.24, 2.45) is 0 Å². The van der Waals surface area contributed by atoms with Crippen molar-refractivity contribution in [2.45, 2.75) is 0 Å². The lowest BCUT2D eigenvalue weighted by molar-refractivity contribution is -0.134. The lowest BCUT2D eigenvalue weighted by Crippen LogP contribution is -2.11. The summed E-state index contributed by atoms with van der Waals surface area (Å²) in [4.78, 5) is 14.8. The number of carbonyl (C=O) groups is 1. The maximum atomic E-state index is 10.5. The average molecular weight is 278 g/mol. The van der Waals surface area contributed by atoms with Crippen LogP contribution in [0.2, 0.25) is 0 Å². The predicted molar refractivity (Wildman–Crippen MR) is 69.8 cm³/mol. The van der Waals surface area contributed by atoms with Gasteiger partial charge in [-0.2, -0.15) is 0 Å². The standard InChI is InChI=1S/C12H10N2O4S/c15-11(16)4-13-12-14-8(5-19-12)7-1-2-9-10(3-7)18-6-17-9/h1-3,5H,4,6H2,(H,13,14)(H,15,16). The highest BCUT2D eigenvalue weighted by atomic mass is 32.1. The van der Waals surface area contributed by atoms with E-state index in [4.69, 9.17) is 14.6 Å². The third kappa shape index (κ3) is 2.45. The second kappa shape index (κ2) is 4.77. The van der Waals surface area contributed by atoms with Crippen molar-refractivity contribution < 1.29 is 19.4 Å². The molecule has 3 rings (SSSR count). The number of carboxylic acids is 1. The fourth-order valence-corrected chi connectivity index (χ4v) is 2.41. The smallest absolute Gasteiger partial charge is 0.322 e. The van der Waals surface area contributed by atoms with Crippen LogP contribution in [0.3, 0.4) is 0 Å². The normalized spacial score (nSPS) is 12.4. The Balaban J connectivity index is 1.80. The van der Waals surface area contributed by atoms with Crippen LogP contribution in [0, 0.1) is 0 Å². The van der Waals surface area contributed by atoms with Crippen molar-refractivity contribution in [1.82, 2.24) is 4.98 Å². The number of aromatic nitrogens is 1. The molecule has 0 saturated carbocycles. The molecule has 0 atom stereocenters. The highest BCUT2D eigenvalue weighted by Gasteiger charge is 2.15. The summed E-state index contributed by atoms with van der Waals surface area (Å²) in [6.07, 6.45) is 0. The Hall–Kier alpha value is -2.28. The monoisotopic (exact) mass is 278 g/mol. The van der Waals surface area contributed by atoms with Gasteiger partial charge in [-0.1, -0.05) is 0 Å². The van der Waals surface area contributed by atoms with Gasteiger partial charge in [0.2, 0.25) is 6.79 Å². The molecule has 0 saturated heterocycles. The third-order valence-electron chi connectivity index (χ3n) is 2.56. The topological polar surface area (TPSA) is 80.7 Å². The van der Waals surface area contributed by atoms with E-state index >= 15 is 0 Å². The molecule has 2 heterocycles. The van der Waals surface area contributed by atoms with Crippen LogP contribution in [0.25, 0.3) is 11.3 Å². The first-order chi connectivity index (χ1) is 9.22. The molecule has 2 aromatic rings. The number of nitrogens with one attached hydrogen (secondary N) is 1. The Kier molecular flexibility index (Phi) is 2.96. The molecular weight excluding hydrogens is 268 g/mol. The number of fused-ring (bicyclic) bond motifs is 1. The minimum atomic E-state index is -0.917. The number of hydrogen-bond acceptors (Lipinski definition) is 6. The quantitative estimate of drug-likeness (QED) is 0.890. The Morgan fingerprint density at radius 2 is 2.26 bits per heavy atom. The summed E-state index contributed by atoms with van der Waals surface area (Å²) >= 11 is 1.36. The molecule has 0 unspecified atom stereocenters. The minimum absolute atomic E-state index is 0.145. The zero-order valence-corrected chi connectivity index (χ0v) is 10.6. The Labute approximate surface area is 112 Å². The van der Waals surface area contributed by atoms with Crippen molar-refractivity contribution in [1.29, 1.82) is 0 Å². The number of ether oxygens (including phenoxy) is 2. The van der Waals surface area contributed by atoms with Gasteiger partial charge in [0.15, 0.2) is 16.6 Å². The molecule has 19 heavy (non-hydrogen) atoms. The first kappa shape index (κ1) is 11.8. The first-order valence-electron chi connectivity index (χ1n) is 5.53. The molecule has 6 nitrogen and oxygen atoms in total. The van der Waals surface area contributed by atoms with Gasteiger partial charge in [-0.05, 0) is 18.2 Å². The number of anilines is 1. The predicted octanol–water partition coefficient (Wildman–Crippen LogP) is 2.04.